The van der Waals surface area contributed by atoms with Gasteiger partial charge in [0.15, 0.2) is 0 Å². The molecule has 0 saturated carbocycles. The number of halogens is 1. The summed E-state index contributed by atoms with van der Waals surface area (Å²) in [6, 6.07) is 7.77. The number of anilines is 1. The van der Waals surface area contributed by atoms with Gasteiger partial charge in [-0.15, -0.1) is 0 Å². The third-order valence-corrected chi connectivity index (χ3v) is 4.55. The first kappa shape index (κ1) is 20.1. The fourth-order valence-corrected chi connectivity index (χ4v) is 3.21. The molecule has 1 aliphatic heterocycles. The van der Waals surface area contributed by atoms with Crippen molar-refractivity contribution >= 4 is 29.1 Å². The molecule has 1 atom stereocenters. The molecule has 8 nitrogen and oxygen atoms in total. The molecule has 0 bridgehead atoms. The maximum absolute atomic E-state index is 14.1. The molecule has 150 valence electrons. The number of hydrogen-bond donors (Lipinski definition) is 1. The average molecular weight is 399 g/mol. The molecule has 1 unspecified atom stereocenters. The summed E-state index contributed by atoms with van der Waals surface area (Å²) in [4.78, 5) is 49.5. The van der Waals surface area contributed by atoms with E-state index in [9.17, 15) is 28.9 Å². The van der Waals surface area contributed by atoms with Gasteiger partial charge in [0.2, 0.25) is 5.91 Å². The molecule has 3 rings (SSSR count). The van der Waals surface area contributed by atoms with Gasteiger partial charge < -0.3 is 5.32 Å². The maximum atomic E-state index is 14.1. The second kappa shape index (κ2) is 7.78. The van der Waals surface area contributed by atoms with Crippen molar-refractivity contribution in [3.05, 3.63) is 69.5 Å². The van der Waals surface area contributed by atoms with Crippen LogP contribution in [-0.2, 0) is 4.79 Å². The smallest absolute Gasteiger partial charge is 0.271 e. The molecule has 0 spiro atoms. The van der Waals surface area contributed by atoms with Gasteiger partial charge in [0.05, 0.1) is 21.7 Å². The van der Waals surface area contributed by atoms with Crippen LogP contribution in [-0.4, -0.2) is 33.6 Å². The van der Waals surface area contributed by atoms with Gasteiger partial charge in [0.1, 0.15) is 11.9 Å². The van der Waals surface area contributed by atoms with Crippen LogP contribution in [0.25, 0.3) is 0 Å². The summed E-state index contributed by atoms with van der Waals surface area (Å²) in [5.41, 5.74) is -0.404. The number of imide groups is 1. The lowest BCUT2D eigenvalue weighted by Crippen LogP contribution is -2.48. The maximum Gasteiger partial charge on any atom is 0.271 e. The molecule has 0 radical (unpaired) electrons. The zero-order chi connectivity index (χ0) is 21.3. The Balaban J connectivity index is 1.93. The zero-order valence-corrected chi connectivity index (χ0v) is 15.7. The minimum Gasteiger partial charge on any atom is -0.322 e. The van der Waals surface area contributed by atoms with Gasteiger partial charge in [-0.2, -0.15) is 0 Å². The first-order chi connectivity index (χ1) is 13.7. The number of carbonyl (C=O) groups is 3. The Hall–Kier alpha value is -3.62. The van der Waals surface area contributed by atoms with E-state index in [1.807, 2.05) is 13.8 Å². The SMILES string of the molecule is CC(C)CC(C(=O)Nc1cc([N+](=O)[O-])ccc1F)N1C(=O)c2ccccc2C1=O. The molecule has 0 saturated heterocycles. The molecule has 9 heteroatoms. The van der Waals surface area contributed by atoms with Gasteiger partial charge in [-0.05, 0) is 30.5 Å². The van der Waals surface area contributed by atoms with E-state index in [2.05, 4.69) is 5.32 Å². The second-order valence-corrected chi connectivity index (χ2v) is 7.08. The topological polar surface area (TPSA) is 110 Å². The van der Waals surface area contributed by atoms with Gasteiger partial charge in [0, 0.05) is 12.1 Å². The minimum absolute atomic E-state index is 0.0648. The number of fused-ring (bicyclic) bond motifs is 1. The van der Waals surface area contributed by atoms with Crippen molar-refractivity contribution in [3.8, 4) is 0 Å². The molecule has 0 aromatic heterocycles. The number of nitrogens with zero attached hydrogens (tertiary/aromatic N) is 2. The van der Waals surface area contributed by atoms with Crippen LogP contribution >= 0.6 is 0 Å². The summed E-state index contributed by atoms with van der Waals surface area (Å²) in [5, 5.41) is 13.2. The normalized spacial score (nSPS) is 14.1. The van der Waals surface area contributed by atoms with Crippen molar-refractivity contribution in [2.24, 2.45) is 5.92 Å². The van der Waals surface area contributed by atoms with Gasteiger partial charge in [0.25, 0.3) is 17.5 Å². The second-order valence-electron chi connectivity index (χ2n) is 7.08. The van der Waals surface area contributed by atoms with E-state index in [1.54, 1.807) is 12.1 Å². The molecule has 0 fully saturated rings. The lowest BCUT2D eigenvalue weighted by molar-refractivity contribution is -0.384. The summed E-state index contributed by atoms with van der Waals surface area (Å²) in [6.07, 6.45) is 0.147. The summed E-state index contributed by atoms with van der Waals surface area (Å²) in [5.74, 6) is -2.94. The molecule has 29 heavy (non-hydrogen) atoms. The van der Waals surface area contributed by atoms with E-state index in [-0.39, 0.29) is 23.5 Å². The molecule has 0 aliphatic carbocycles. The van der Waals surface area contributed by atoms with Crippen molar-refractivity contribution in [3.63, 3.8) is 0 Å². The first-order valence-corrected chi connectivity index (χ1v) is 8.92. The van der Waals surface area contributed by atoms with Gasteiger partial charge in [-0.3, -0.25) is 29.4 Å². The van der Waals surface area contributed by atoms with Crippen molar-refractivity contribution in [1.82, 2.24) is 4.90 Å². The minimum atomic E-state index is -1.19. The molecule has 3 amide bonds. The van der Waals surface area contributed by atoms with Crippen LogP contribution in [0.5, 0.6) is 0 Å². The standard InChI is InChI=1S/C20H18FN3O5/c1-11(2)9-17(23-19(26)13-5-3-4-6-14(13)20(23)27)18(25)22-16-10-12(24(28)29)7-8-15(16)21/h3-8,10-11,17H,9H2,1-2H3,(H,22,25). The van der Waals surface area contributed by atoms with Crippen LogP contribution in [0.1, 0.15) is 41.0 Å². The molecule has 2 aromatic rings. The number of rotatable bonds is 6. The number of carbonyl (C=O) groups excluding carboxylic acids is 3. The van der Waals surface area contributed by atoms with Crippen molar-refractivity contribution in [2.45, 2.75) is 26.3 Å². The summed E-state index contributed by atoms with van der Waals surface area (Å²) >= 11 is 0. The van der Waals surface area contributed by atoms with Crippen LogP contribution in [0.3, 0.4) is 0 Å². The molecule has 2 aromatic carbocycles. The van der Waals surface area contributed by atoms with Crippen LogP contribution in [0.15, 0.2) is 42.5 Å². The van der Waals surface area contributed by atoms with Gasteiger partial charge >= 0.3 is 0 Å². The zero-order valence-electron chi connectivity index (χ0n) is 15.7. The molecular formula is C20H18FN3O5. The predicted octanol–water partition coefficient (Wildman–Crippen LogP) is 3.38. The van der Waals surface area contributed by atoms with Crippen LogP contribution in [0.2, 0.25) is 0 Å². The summed E-state index contributed by atoms with van der Waals surface area (Å²) < 4.78 is 14.1. The van der Waals surface area contributed by atoms with Crippen molar-refractivity contribution < 1.29 is 23.7 Å². The van der Waals surface area contributed by atoms with E-state index in [1.165, 1.54) is 12.1 Å². The van der Waals surface area contributed by atoms with Crippen LogP contribution in [0, 0.1) is 21.8 Å². The highest BCUT2D eigenvalue weighted by atomic mass is 19.1. The molecule has 1 heterocycles. The fraction of sp³-hybridized carbons (Fsp3) is 0.250. The predicted molar refractivity (Wildman–Crippen MR) is 102 cm³/mol. The lowest BCUT2D eigenvalue weighted by Gasteiger charge is -2.26. The lowest BCUT2D eigenvalue weighted by atomic mass is 10.0. The first-order valence-electron chi connectivity index (χ1n) is 8.92. The Morgan fingerprint density at radius 3 is 2.24 bits per heavy atom. The Kier molecular flexibility index (Phi) is 5.40. The number of amides is 3. The number of non-ortho nitro benzene ring substituents is 1. The Morgan fingerprint density at radius 2 is 1.72 bits per heavy atom. The van der Waals surface area contributed by atoms with Crippen molar-refractivity contribution in [1.29, 1.82) is 0 Å². The van der Waals surface area contributed by atoms with E-state index in [0.717, 1.165) is 23.1 Å². The van der Waals surface area contributed by atoms with E-state index < -0.39 is 45.9 Å². The quantitative estimate of drug-likeness (QED) is 0.455. The number of nitrogens with one attached hydrogen (secondary N) is 1. The van der Waals surface area contributed by atoms with Crippen LogP contribution in [0.4, 0.5) is 15.8 Å². The third-order valence-electron chi connectivity index (χ3n) is 4.55. The van der Waals surface area contributed by atoms with Gasteiger partial charge in [-0.25, -0.2) is 4.39 Å². The highest BCUT2D eigenvalue weighted by Crippen LogP contribution is 2.28. The Labute approximate surface area is 165 Å². The fourth-order valence-electron chi connectivity index (χ4n) is 3.21. The molecule has 1 aliphatic rings. The monoisotopic (exact) mass is 399 g/mol. The highest BCUT2D eigenvalue weighted by Gasteiger charge is 2.42. The van der Waals surface area contributed by atoms with Crippen LogP contribution < -0.4 is 5.32 Å². The third kappa shape index (κ3) is 3.84. The number of nitro benzene ring substituents is 1. The number of hydrogen-bond acceptors (Lipinski definition) is 5. The van der Waals surface area contributed by atoms with E-state index in [4.69, 9.17) is 0 Å². The average Bonchev–Trinajstić information content (AvgIpc) is 2.92. The number of nitro groups is 1. The Bertz CT molecular complexity index is 986. The summed E-state index contributed by atoms with van der Waals surface area (Å²) in [6.45, 7) is 3.62. The summed E-state index contributed by atoms with van der Waals surface area (Å²) in [7, 11) is 0. The van der Waals surface area contributed by atoms with Crippen molar-refractivity contribution in [2.75, 3.05) is 5.32 Å². The molecule has 1 N–H and O–H groups in total. The Morgan fingerprint density at radius 1 is 1.14 bits per heavy atom. The van der Waals surface area contributed by atoms with Gasteiger partial charge in [-0.1, -0.05) is 26.0 Å². The van der Waals surface area contributed by atoms with E-state index in [0.29, 0.717) is 0 Å². The molecular weight excluding hydrogens is 381 g/mol. The van der Waals surface area contributed by atoms with E-state index >= 15 is 0 Å². The number of benzene rings is 2. The largest absolute Gasteiger partial charge is 0.322 e. The highest BCUT2D eigenvalue weighted by molar-refractivity contribution is 6.23.